The first-order chi connectivity index (χ1) is 8.65. The molecule has 1 aromatic heterocycles. The zero-order chi connectivity index (χ0) is 13.0. The van der Waals surface area contributed by atoms with Gasteiger partial charge in [-0.3, -0.25) is 4.79 Å². The van der Waals surface area contributed by atoms with Crippen LogP contribution in [-0.2, 0) is 17.6 Å². The van der Waals surface area contributed by atoms with Gasteiger partial charge in [-0.1, -0.05) is 23.8 Å². The number of ketones is 1. The van der Waals surface area contributed by atoms with Crippen molar-refractivity contribution in [1.82, 2.24) is 0 Å². The summed E-state index contributed by atoms with van der Waals surface area (Å²) in [6, 6.07) is 10.0. The second-order valence-electron chi connectivity index (χ2n) is 4.72. The third-order valence-electron chi connectivity index (χ3n) is 3.12. The summed E-state index contributed by atoms with van der Waals surface area (Å²) < 4.78 is 5.22. The van der Waals surface area contributed by atoms with Gasteiger partial charge in [0, 0.05) is 19.3 Å². The molecule has 94 valence electrons. The summed E-state index contributed by atoms with van der Waals surface area (Å²) in [4.78, 5) is 11.9. The molecule has 0 aliphatic rings. The van der Waals surface area contributed by atoms with Crippen molar-refractivity contribution in [2.24, 2.45) is 0 Å². The zero-order valence-corrected chi connectivity index (χ0v) is 10.9. The summed E-state index contributed by atoms with van der Waals surface area (Å²) >= 11 is 0. The van der Waals surface area contributed by atoms with Gasteiger partial charge in [0.05, 0.1) is 6.26 Å². The molecule has 2 rings (SSSR count). The molecule has 2 heteroatoms. The predicted molar refractivity (Wildman–Crippen MR) is 71.7 cm³/mol. The molecule has 18 heavy (non-hydrogen) atoms. The summed E-state index contributed by atoms with van der Waals surface area (Å²) in [6.07, 6.45) is 3.40. The maximum atomic E-state index is 11.9. The number of rotatable bonds is 5. The van der Waals surface area contributed by atoms with Crippen molar-refractivity contribution in [1.29, 1.82) is 0 Å². The number of hydrogen-bond acceptors (Lipinski definition) is 2. The molecule has 0 fully saturated rings. The molecule has 0 saturated carbocycles. The number of carbonyl (C=O) groups excluding carboxylic acids is 1. The highest BCUT2D eigenvalue weighted by Crippen LogP contribution is 2.13. The van der Waals surface area contributed by atoms with Crippen LogP contribution in [0.2, 0.25) is 0 Å². The van der Waals surface area contributed by atoms with E-state index in [1.165, 1.54) is 11.1 Å². The van der Waals surface area contributed by atoms with Gasteiger partial charge in [-0.05, 0) is 37.1 Å². The van der Waals surface area contributed by atoms with E-state index in [9.17, 15) is 4.79 Å². The lowest BCUT2D eigenvalue weighted by atomic mass is 9.99. The average molecular weight is 242 g/mol. The van der Waals surface area contributed by atoms with Crippen LogP contribution in [0.4, 0.5) is 0 Å². The van der Waals surface area contributed by atoms with Crippen LogP contribution in [0.5, 0.6) is 0 Å². The Labute approximate surface area is 108 Å². The molecule has 0 aliphatic carbocycles. The van der Waals surface area contributed by atoms with Crippen molar-refractivity contribution in [3.63, 3.8) is 0 Å². The van der Waals surface area contributed by atoms with Gasteiger partial charge < -0.3 is 4.42 Å². The Balaban J connectivity index is 1.92. The van der Waals surface area contributed by atoms with E-state index in [-0.39, 0.29) is 5.78 Å². The van der Waals surface area contributed by atoms with Crippen molar-refractivity contribution < 1.29 is 9.21 Å². The largest absolute Gasteiger partial charge is 0.469 e. The fraction of sp³-hybridized carbons (Fsp3) is 0.312. The Hall–Kier alpha value is -1.83. The summed E-state index contributed by atoms with van der Waals surface area (Å²) in [6.45, 7) is 4.10. The van der Waals surface area contributed by atoms with E-state index in [1.54, 1.807) is 6.26 Å². The van der Waals surface area contributed by atoms with Crippen LogP contribution in [0.3, 0.4) is 0 Å². The molecule has 0 aliphatic heterocycles. The van der Waals surface area contributed by atoms with E-state index in [0.717, 1.165) is 11.3 Å². The van der Waals surface area contributed by atoms with Gasteiger partial charge >= 0.3 is 0 Å². The molecule has 1 heterocycles. The number of hydrogen-bond donors (Lipinski definition) is 0. The van der Waals surface area contributed by atoms with Gasteiger partial charge in [-0.25, -0.2) is 0 Å². The van der Waals surface area contributed by atoms with Gasteiger partial charge in [-0.2, -0.15) is 0 Å². The second kappa shape index (κ2) is 5.67. The van der Waals surface area contributed by atoms with Crippen LogP contribution >= 0.6 is 0 Å². The van der Waals surface area contributed by atoms with Gasteiger partial charge in [0.2, 0.25) is 0 Å². The Morgan fingerprint density at radius 1 is 1.22 bits per heavy atom. The Bertz CT molecular complexity index is 524. The minimum absolute atomic E-state index is 0.264. The van der Waals surface area contributed by atoms with Gasteiger partial charge in [-0.15, -0.1) is 0 Å². The zero-order valence-electron chi connectivity index (χ0n) is 10.9. The molecular weight excluding hydrogens is 224 g/mol. The fourth-order valence-corrected chi connectivity index (χ4v) is 2.01. The first-order valence-corrected chi connectivity index (χ1v) is 6.25. The van der Waals surface area contributed by atoms with E-state index in [4.69, 9.17) is 4.42 Å². The number of Topliss-reactive ketones (excluding diaryl/α,β-unsaturated/α-hetero) is 1. The molecule has 0 amide bonds. The van der Waals surface area contributed by atoms with E-state index in [2.05, 4.69) is 32.0 Å². The molecule has 0 unspecified atom stereocenters. The summed E-state index contributed by atoms with van der Waals surface area (Å²) in [7, 11) is 0. The molecule has 0 radical (unpaired) electrons. The smallest absolute Gasteiger partial charge is 0.137 e. The Morgan fingerprint density at radius 2 is 2.06 bits per heavy atom. The van der Waals surface area contributed by atoms with Crippen LogP contribution in [0, 0.1) is 13.8 Å². The highest BCUT2D eigenvalue weighted by atomic mass is 16.3. The molecule has 1 aromatic carbocycles. The van der Waals surface area contributed by atoms with Crippen molar-refractivity contribution in [2.45, 2.75) is 33.1 Å². The number of carbonyl (C=O) groups is 1. The molecule has 0 saturated heterocycles. The quantitative estimate of drug-likeness (QED) is 0.801. The molecule has 2 aromatic rings. The fourth-order valence-electron chi connectivity index (χ4n) is 2.01. The summed E-state index contributed by atoms with van der Waals surface area (Å²) in [5, 5.41) is 0. The second-order valence-corrected chi connectivity index (χ2v) is 4.72. The number of furan rings is 1. The molecular formula is C16H18O2. The highest BCUT2D eigenvalue weighted by Gasteiger charge is 2.07. The van der Waals surface area contributed by atoms with Crippen LogP contribution < -0.4 is 0 Å². The standard InChI is InChI=1S/C16H18O2/c1-12-5-6-13(2)14(10-12)11-15(17)7-8-16-4-3-9-18-16/h3-6,9-10H,7-8,11H2,1-2H3. The number of benzene rings is 1. The van der Waals surface area contributed by atoms with Crippen molar-refractivity contribution in [2.75, 3.05) is 0 Å². The van der Waals surface area contributed by atoms with E-state index >= 15 is 0 Å². The van der Waals surface area contributed by atoms with Crippen LogP contribution in [0.1, 0.15) is 28.9 Å². The molecule has 0 bridgehead atoms. The summed E-state index contributed by atoms with van der Waals surface area (Å²) in [5.41, 5.74) is 3.53. The van der Waals surface area contributed by atoms with E-state index in [1.807, 2.05) is 12.1 Å². The van der Waals surface area contributed by atoms with Crippen LogP contribution in [0.15, 0.2) is 41.0 Å². The van der Waals surface area contributed by atoms with Gasteiger partial charge in [0.1, 0.15) is 11.5 Å². The third-order valence-corrected chi connectivity index (χ3v) is 3.12. The average Bonchev–Trinajstić information content (AvgIpc) is 2.84. The summed E-state index contributed by atoms with van der Waals surface area (Å²) in [5.74, 6) is 1.14. The maximum Gasteiger partial charge on any atom is 0.137 e. The molecule has 0 N–H and O–H groups in total. The maximum absolute atomic E-state index is 11.9. The topological polar surface area (TPSA) is 30.2 Å². The Morgan fingerprint density at radius 3 is 2.78 bits per heavy atom. The molecule has 0 spiro atoms. The minimum atomic E-state index is 0.264. The van der Waals surface area contributed by atoms with Gasteiger partial charge in [0.15, 0.2) is 0 Å². The normalized spacial score (nSPS) is 10.6. The lowest BCUT2D eigenvalue weighted by molar-refractivity contribution is -0.118. The van der Waals surface area contributed by atoms with Gasteiger partial charge in [0.25, 0.3) is 0 Å². The first-order valence-electron chi connectivity index (χ1n) is 6.25. The lowest BCUT2D eigenvalue weighted by Gasteiger charge is -2.06. The Kier molecular flexibility index (Phi) is 3.98. The van der Waals surface area contributed by atoms with E-state index < -0.39 is 0 Å². The van der Waals surface area contributed by atoms with E-state index in [0.29, 0.717) is 19.3 Å². The van der Waals surface area contributed by atoms with Crippen molar-refractivity contribution in [3.05, 3.63) is 59.0 Å². The SMILES string of the molecule is Cc1ccc(C)c(CC(=O)CCc2ccco2)c1. The molecule has 2 nitrogen and oxygen atoms in total. The highest BCUT2D eigenvalue weighted by molar-refractivity contribution is 5.81. The van der Waals surface area contributed by atoms with Crippen LogP contribution in [-0.4, -0.2) is 5.78 Å². The monoisotopic (exact) mass is 242 g/mol. The lowest BCUT2D eigenvalue weighted by Crippen LogP contribution is -2.05. The number of aryl methyl sites for hydroxylation is 3. The van der Waals surface area contributed by atoms with Crippen molar-refractivity contribution in [3.8, 4) is 0 Å². The first kappa shape index (κ1) is 12.6. The minimum Gasteiger partial charge on any atom is -0.469 e. The molecule has 0 atom stereocenters. The third kappa shape index (κ3) is 3.33. The predicted octanol–water partition coefficient (Wildman–Crippen LogP) is 3.64. The van der Waals surface area contributed by atoms with Crippen molar-refractivity contribution >= 4 is 5.78 Å². The van der Waals surface area contributed by atoms with Crippen LogP contribution in [0.25, 0.3) is 0 Å².